The molecule has 0 amide bonds. The molecule has 0 aromatic carbocycles. The van der Waals surface area contributed by atoms with E-state index in [1.54, 1.807) is 0 Å². The van der Waals surface area contributed by atoms with Crippen molar-refractivity contribution >= 4 is 0 Å². The molecule has 0 saturated carbocycles. The normalized spacial score (nSPS) is 12.4. The molecule has 0 aliphatic heterocycles. The first-order chi connectivity index (χ1) is 5.49. The van der Waals surface area contributed by atoms with Crippen LogP contribution >= 0.6 is 0 Å². The number of rotatable bonds is 4. The van der Waals surface area contributed by atoms with Crippen molar-refractivity contribution in [3.63, 3.8) is 0 Å². The summed E-state index contributed by atoms with van der Waals surface area (Å²) in [5.74, 6) is 0. The first kappa shape index (κ1) is 11.4. The van der Waals surface area contributed by atoms with Crippen LogP contribution in [0.15, 0.2) is 10.3 Å². The van der Waals surface area contributed by atoms with Gasteiger partial charge in [-0.15, -0.1) is 0 Å². The summed E-state index contributed by atoms with van der Waals surface area (Å²) in [6, 6.07) is 0. The highest BCUT2D eigenvalue weighted by Gasteiger charge is 2.13. The minimum Gasteiger partial charge on any atom is -0.279 e. The first-order valence-corrected chi connectivity index (χ1v) is 4.62. The van der Waals surface area contributed by atoms with Crippen LogP contribution in [0.4, 0.5) is 0 Å². The van der Waals surface area contributed by atoms with E-state index >= 15 is 0 Å². The Bertz CT molecular complexity index is 135. The highest BCUT2D eigenvalue weighted by atomic mass is 15.5. The van der Waals surface area contributed by atoms with E-state index in [1.165, 1.54) is 0 Å². The summed E-state index contributed by atoms with van der Waals surface area (Å²) in [4.78, 5) is 0. The van der Waals surface area contributed by atoms with Crippen LogP contribution in [0.25, 0.3) is 0 Å². The molecule has 0 aromatic heterocycles. The lowest BCUT2D eigenvalue weighted by Crippen LogP contribution is -2.28. The summed E-state index contributed by atoms with van der Waals surface area (Å²) in [6.07, 6.45) is 0. The average Bonchev–Trinajstić information content (AvgIpc) is 1.95. The summed E-state index contributed by atoms with van der Waals surface area (Å²) in [6.45, 7) is 13.4. The molecule has 12 heavy (non-hydrogen) atoms. The van der Waals surface area contributed by atoms with Crippen LogP contribution in [0, 0.1) is 5.41 Å². The summed E-state index contributed by atoms with van der Waals surface area (Å²) >= 11 is 0. The van der Waals surface area contributed by atoms with Crippen molar-refractivity contribution in [3.8, 4) is 0 Å². The quantitative estimate of drug-likeness (QED) is 0.472. The second-order valence-electron chi connectivity index (χ2n) is 4.09. The van der Waals surface area contributed by atoms with Crippen molar-refractivity contribution in [1.29, 1.82) is 0 Å². The number of hydrogen-bond acceptors (Lipinski definition) is 2. The maximum atomic E-state index is 4.10. The molecule has 0 fully saturated rings. The van der Waals surface area contributed by atoms with Gasteiger partial charge in [-0.05, 0) is 19.3 Å². The van der Waals surface area contributed by atoms with E-state index in [-0.39, 0.29) is 0 Å². The highest BCUT2D eigenvalue weighted by molar-refractivity contribution is 4.64. The SMILES string of the molecule is CC/N=N\N(CC)CC(C)(C)C. The van der Waals surface area contributed by atoms with E-state index in [0.717, 1.165) is 19.6 Å². The molecule has 72 valence electrons. The fraction of sp³-hybridized carbons (Fsp3) is 1.00. The molecule has 0 aromatic rings. The van der Waals surface area contributed by atoms with Gasteiger partial charge in [0, 0.05) is 13.1 Å². The van der Waals surface area contributed by atoms with Crippen molar-refractivity contribution in [1.82, 2.24) is 5.01 Å². The van der Waals surface area contributed by atoms with Crippen molar-refractivity contribution in [2.75, 3.05) is 19.6 Å². The van der Waals surface area contributed by atoms with Crippen molar-refractivity contribution in [2.45, 2.75) is 34.6 Å². The van der Waals surface area contributed by atoms with Crippen LogP contribution in [0.1, 0.15) is 34.6 Å². The molecule has 0 aliphatic rings. The molecule has 0 saturated heterocycles. The Balaban J connectivity index is 3.91. The third-order valence-electron chi connectivity index (χ3n) is 1.35. The van der Waals surface area contributed by atoms with E-state index < -0.39 is 0 Å². The maximum absolute atomic E-state index is 4.10. The van der Waals surface area contributed by atoms with E-state index in [4.69, 9.17) is 0 Å². The molecule has 0 spiro atoms. The highest BCUT2D eigenvalue weighted by Crippen LogP contribution is 2.15. The van der Waals surface area contributed by atoms with Gasteiger partial charge in [-0.3, -0.25) is 5.01 Å². The van der Waals surface area contributed by atoms with Crippen LogP contribution in [-0.4, -0.2) is 24.6 Å². The van der Waals surface area contributed by atoms with Gasteiger partial charge in [0.05, 0.1) is 6.54 Å². The Hall–Kier alpha value is -0.600. The molecule has 0 rings (SSSR count). The van der Waals surface area contributed by atoms with Crippen LogP contribution in [0.2, 0.25) is 0 Å². The van der Waals surface area contributed by atoms with Crippen LogP contribution < -0.4 is 0 Å². The van der Waals surface area contributed by atoms with Gasteiger partial charge in [0.1, 0.15) is 0 Å². The number of nitrogens with zero attached hydrogens (tertiary/aromatic N) is 3. The maximum Gasteiger partial charge on any atom is 0.0592 e. The summed E-state index contributed by atoms with van der Waals surface area (Å²) < 4.78 is 0. The summed E-state index contributed by atoms with van der Waals surface area (Å²) in [5.41, 5.74) is 0.294. The van der Waals surface area contributed by atoms with Gasteiger partial charge in [0.2, 0.25) is 0 Å². The Kier molecular flexibility index (Phi) is 4.86. The summed E-state index contributed by atoms with van der Waals surface area (Å²) in [7, 11) is 0. The van der Waals surface area contributed by atoms with Gasteiger partial charge < -0.3 is 0 Å². The monoisotopic (exact) mass is 171 g/mol. The molecule has 0 heterocycles. The van der Waals surface area contributed by atoms with E-state index in [2.05, 4.69) is 38.0 Å². The molecular formula is C9H21N3. The van der Waals surface area contributed by atoms with Gasteiger partial charge in [-0.2, -0.15) is 5.11 Å². The zero-order chi connectivity index (χ0) is 9.61. The zero-order valence-electron chi connectivity index (χ0n) is 8.96. The molecule has 0 aliphatic carbocycles. The van der Waals surface area contributed by atoms with Gasteiger partial charge >= 0.3 is 0 Å². The Morgan fingerprint density at radius 3 is 2.08 bits per heavy atom. The lowest BCUT2D eigenvalue weighted by Gasteiger charge is -2.25. The fourth-order valence-electron chi connectivity index (χ4n) is 0.907. The Morgan fingerprint density at radius 1 is 1.17 bits per heavy atom. The Morgan fingerprint density at radius 2 is 1.75 bits per heavy atom. The standard InChI is InChI=1S/C9H21N3/c1-6-10-11-12(7-2)8-9(3,4)5/h6-8H2,1-5H3/b11-10-. The second kappa shape index (κ2) is 5.12. The second-order valence-corrected chi connectivity index (χ2v) is 4.09. The van der Waals surface area contributed by atoms with E-state index in [9.17, 15) is 0 Å². The molecular weight excluding hydrogens is 150 g/mol. The lowest BCUT2D eigenvalue weighted by atomic mass is 9.97. The van der Waals surface area contributed by atoms with Crippen LogP contribution in [0.5, 0.6) is 0 Å². The largest absolute Gasteiger partial charge is 0.279 e. The molecule has 0 unspecified atom stereocenters. The molecule has 0 atom stereocenters. The van der Waals surface area contributed by atoms with Gasteiger partial charge in [-0.1, -0.05) is 26.0 Å². The predicted octanol–water partition coefficient (Wildman–Crippen LogP) is 2.74. The summed E-state index contributed by atoms with van der Waals surface area (Å²) in [5, 5.41) is 10.1. The van der Waals surface area contributed by atoms with E-state index in [1.807, 2.05) is 11.9 Å². The van der Waals surface area contributed by atoms with Gasteiger partial charge in [0.25, 0.3) is 0 Å². The molecule has 3 nitrogen and oxygen atoms in total. The van der Waals surface area contributed by atoms with Gasteiger partial charge in [0.15, 0.2) is 0 Å². The molecule has 0 bridgehead atoms. The predicted molar refractivity (Wildman–Crippen MR) is 52.1 cm³/mol. The molecule has 0 N–H and O–H groups in total. The third-order valence-corrected chi connectivity index (χ3v) is 1.35. The minimum atomic E-state index is 0.294. The lowest BCUT2D eigenvalue weighted by molar-refractivity contribution is 0.193. The van der Waals surface area contributed by atoms with E-state index in [0.29, 0.717) is 5.41 Å². The zero-order valence-corrected chi connectivity index (χ0v) is 8.96. The van der Waals surface area contributed by atoms with Gasteiger partial charge in [-0.25, -0.2) is 0 Å². The van der Waals surface area contributed by atoms with Crippen molar-refractivity contribution < 1.29 is 0 Å². The number of hydrogen-bond donors (Lipinski definition) is 0. The molecule has 0 radical (unpaired) electrons. The molecule has 3 heteroatoms. The topological polar surface area (TPSA) is 28.0 Å². The Labute approximate surface area is 75.8 Å². The first-order valence-electron chi connectivity index (χ1n) is 4.62. The third kappa shape index (κ3) is 6.13. The smallest absolute Gasteiger partial charge is 0.0592 e. The average molecular weight is 171 g/mol. The van der Waals surface area contributed by atoms with Crippen LogP contribution in [0.3, 0.4) is 0 Å². The van der Waals surface area contributed by atoms with Crippen LogP contribution in [-0.2, 0) is 0 Å². The minimum absolute atomic E-state index is 0.294. The van der Waals surface area contributed by atoms with Crippen molar-refractivity contribution in [2.24, 2.45) is 15.8 Å². The fourth-order valence-corrected chi connectivity index (χ4v) is 0.907. The van der Waals surface area contributed by atoms with Crippen molar-refractivity contribution in [3.05, 3.63) is 0 Å².